The highest BCUT2D eigenvalue weighted by atomic mass is 19.1. The van der Waals surface area contributed by atoms with Gasteiger partial charge >= 0.3 is 0 Å². The Bertz CT molecular complexity index is 1080. The molecule has 2 amide bonds. The third-order valence-corrected chi connectivity index (χ3v) is 5.11. The SMILES string of the molecule is CCNC(=O)[C@H](Cc1ccccc1)N(Cc1ccccc1F)C(=O)COc1ccccc1F. The van der Waals surface area contributed by atoms with Gasteiger partial charge in [0.2, 0.25) is 5.91 Å². The Balaban J connectivity index is 1.91. The number of para-hydroxylation sites is 1. The van der Waals surface area contributed by atoms with Crippen molar-refractivity contribution in [3.8, 4) is 5.75 Å². The Hall–Kier alpha value is -3.74. The molecule has 0 unspecified atom stereocenters. The van der Waals surface area contributed by atoms with Crippen molar-refractivity contribution >= 4 is 11.8 Å². The third kappa shape index (κ3) is 6.62. The Morgan fingerprint density at radius 1 is 0.909 bits per heavy atom. The lowest BCUT2D eigenvalue weighted by Gasteiger charge is -2.31. The summed E-state index contributed by atoms with van der Waals surface area (Å²) >= 11 is 0. The van der Waals surface area contributed by atoms with Crippen LogP contribution < -0.4 is 10.1 Å². The molecule has 0 fully saturated rings. The molecule has 3 aromatic rings. The molecule has 0 bridgehead atoms. The van der Waals surface area contributed by atoms with Gasteiger partial charge in [-0.25, -0.2) is 8.78 Å². The largest absolute Gasteiger partial charge is 0.481 e. The van der Waals surface area contributed by atoms with Crippen molar-refractivity contribution in [3.05, 3.63) is 102 Å². The van der Waals surface area contributed by atoms with Crippen LogP contribution in [0.1, 0.15) is 18.1 Å². The van der Waals surface area contributed by atoms with Crippen molar-refractivity contribution in [1.29, 1.82) is 0 Å². The number of halogens is 2. The summed E-state index contributed by atoms with van der Waals surface area (Å²) in [6, 6.07) is 20.2. The first-order chi connectivity index (χ1) is 16.0. The number of carbonyl (C=O) groups is 2. The molecule has 3 rings (SSSR count). The van der Waals surface area contributed by atoms with E-state index in [-0.39, 0.29) is 30.2 Å². The molecule has 0 saturated carbocycles. The maximum Gasteiger partial charge on any atom is 0.261 e. The molecule has 0 heterocycles. The van der Waals surface area contributed by atoms with E-state index in [0.717, 1.165) is 5.56 Å². The summed E-state index contributed by atoms with van der Waals surface area (Å²) < 4.78 is 33.8. The number of ether oxygens (including phenoxy) is 1. The summed E-state index contributed by atoms with van der Waals surface area (Å²) in [5.74, 6) is -2.09. The Morgan fingerprint density at radius 2 is 1.55 bits per heavy atom. The van der Waals surface area contributed by atoms with Crippen LogP contribution in [0.3, 0.4) is 0 Å². The zero-order valence-electron chi connectivity index (χ0n) is 18.3. The third-order valence-electron chi connectivity index (χ3n) is 5.11. The smallest absolute Gasteiger partial charge is 0.261 e. The molecule has 3 aromatic carbocycles. The number of amides is 2. The van der Waals surface area contributed by atoms with E-state index in [9.17, 15) is 18.4 Å². The minimum atomic E-state index is -0.913. The Labute approximate surface area is 192 Å². The van der Waals surface area contributed by atoms with Crippen molar-refractivity contribution in [2.24, 2.45) is 0 Å². The van der Waals surface area contributed by atoms with Crippen LogP contribution in [-0.4, -0.2) is 35.9 Å². The summed E-state index contributed by atoms with van der Waals surface area (Å²) in [6.07, 6.45) is 0.229. The van der Waals surface area contributed by atoms with E-state index >= 15 is 0 Å². The van der Waals surface area contributed by atoms with Gasteiger partial charge < -0.3 is 15.0 Å². The summed E-state index contributed by atoms with van der Waals surface area (Å²) in [7, 11) is 0. The van der Waals surface area contributed by atoms with Gasteiger partial charge in [0.15, 0.2) is 18.2 Å². The molecule has 7 heteroatoms. The number of nitrogens with zero attached hydrogens (tertiary/aromatic N) is 1. The van der Waals surface area contributed by atoms with Gasteiger partial charge in [0.05, 0.1) is 0 Å². The highest BCUT2D eigenvalue weighted by Crippen LogP contribution is 2.19. The molecule has 172 valence electrons. The lowest BCUT2D eigenvalue weighted by Crippen LogP contribution is -2.51. The predicted molar refractivity (Wildman–Crippen MR) is 121 cm³/mol. The van der Waals surface area contributed by atoms with E-state index in [1.54, 1.807) is 31.2 Å². The van der Waals surface area contributed by atoms with Gasteiger partial charge in [-0.2, -0.15) is 0 Å². The molecule has 0 aliphatic heterocycles. The molecule has 0 aliphatic rings. The van der Waals surface area contributed by atoms with Gasteiger partial charge in [-0.1, -0.05) is 60.7 Å². The second-order valence-electron chi connectivity index (χ2n) is 7.43. The fraction of sp³-hybridized carbons (Fsp3) is 0.231. The first-order valence-corrected chi connectivity index (χ1v) is 10.7. The number of hydrogen-bond donors (Lipinski definition) is 1. The van der Waals surface area contributed by atoms with Crippen molar-refractivity contribution < 1.29 is 23.1 Å². The van der Waals surface area contributed by atoms with Crippen molar-refractivity contribution in [3.63, 3.8) is 0 Å². The summed E-state index contributed by atoms with van der Waals surface area (Å²) in [5.41, 5.74) is 1.11. The van der Waals surface area contributed by atoms with Crippen molar-refractivity contribution in [1.82, 2.24) is 10.2 Å². The quantitative estimate of drug-likeness (QED) is 0.504. The standard InChI is InChI=1S/C26H26F2N2O3/c1-2-29-26(32)23(16-19-10-4-3-5-11-19)30(17-20-12-6-7-13-21(20)27)25(31)18-33-24-15-9-8-14-22(24)28/h3-15,23H,2,16-18H2,1H3,(H,29,32)/t23-/m0/s1. The lowest BCUT2D eigenvalue weighted by atomic mass is 10.0. The van der Waals surface area contributed by atoms with E-state index in [1.807, 2.05) is 30.3 Å². The Morgan fingerprint density at radius 3 is 2.21 bits per heavy atom. The van der Waals surface area contributed by atoms with Crippen molar-refractivity contribution in [2.45, 2.75) is 25.9 Å². The zero-order chi connectivity index (χ0) is 23.6. The predicted octanol–water partition coefficient (Wildman–Crippen LogP) is 4.12. The molecular formula is C26H26F2N2O3. The van der Waals surface area contributed by atoms with Gasteiger partial charge in [0.1, 0.15) is 11.9 Å². The van der Waals surface area contributed by atoms with Crippen LogP contribution in [0.5, 0.6) is 5.75 Å². The molecule has 33 heavy (non-hydrogen) atoms. The van der Waals surface area contributed by atoms with Crippen LogP contribution in [-0.2, 0) is 22.6 Å². The van der Waals surface area contributed by atoms with Crippen molar-refractivity contribution in [2.75, 3.05) is 13.2 Å². The maximum atomic E-state index is 14.4. The van der Waals surface area contributed by atoms with Crippen LogP contribution in [0.25, 0.3) is 0 Å². The summed E-state index contributed by atoms with van der Waals surface area (Å²) in [6.45, 7) is 1.51. The summed E-state index contributed by atoms with van der Waals surface area (Å²) in [5, 5.41) is 2.76. The second kappa shape index (κ2) is 11.8. The number of carbonyl (C=O) groups excluding carboxylic acids is 2. The Kier molecular flexibility index (Phi) is 8.52. The molecule has 0 saturated heterocycles. The van der Waals surface area contributed by atoms with Gasteiger partial charge in [0.25, 0.3) is 5.91 Å². The van der Waals surface area contributed by atoms with E-state index in [1.165, 1.54) is 29.2 Å². The van der Waals surface area contributed by atoms with E-state index in [0.29, 0.717) is 6.54 Å². The van der Waals surface area contributed by atoms with Crippen LogP contribution in [0.2, 0.25) is 0 Å². The number of benzene rings is 3. The molecule has 1 N–H and O–H groups in total. The van der Waals surface area contributed by atoms with Crippen LogP contribution in [0.15, 0.2) is 78.9 Å². The fourth-order valence-corrected chi connectivity index (χ4v) is 3.44. The lowest BCUT2D eigenvalue weighted by molar-refractivity contribution is -0.142. The normalized spacial score (nSPS) is 11.5. The highest BCUT2D eigenvalue weighted by Gasteiger charge is 2.31. The summed E-state index contributed by atoms with van der Waals surface area (Å²) in [4.78, 5) is 27.5. The highest BCUT2D eigenvalue weighted by molar-refractivity contribution is 5.88. The first-order valence-electron chi connectivity index (χ1n) is 10.7. The minimum Gasteiger partial charge on any atom is -0.481 e. The molecular weight excluding hydrogens is 426 g/mol. The molecule has 5 nitrogen and oxygen atoms in total. The molecule has 0 aliphatic carbocycles. The van der Waals surface area contributed by atoms with E-state index in [2.05, 4.69) is 5.32 Å². The van der Waals surface area contributed by atoms with Gasteiger partial charge in [-0.05, 0) is 30.7 Å². The number of rotatable bonds is 10. The van der Waals surface area contributed by atoms with Crippen LogP contribution in [0.4, 0.5) is 8.78 Å². The second-order valence-corrected chi connectivity index (χ2v) is 7.43. The van der Waals surface area contributed by atoms with Gasteiger partial charge in [0, 0.05) is 25.1 Å². The molecule has 0 radical (unpaired) electrons. The van der Waals surface area contributed by atoms with Crippen LogP contribution in [0, 0.1) is 11.6 Å². The molecule has 0 aromatic heterocycles. The number of hydrogen-bond acceptors (Lipinski definition) is 3. The zero-order valence-corrected chi connectivity index (χ0v) is 18.3. The fourth-order valence-electron chi connectivity index (χ4n) is 3.44. The van der Waals surface area contributed by atoms with Crippen LogP contribution >= 0.6 is 0 Å². The molecule has 0 spiro atoms. The maximum absolute atomic E-state index is 14.4. The average Bonchev–Trinajstić information content (AvgIpc) is 2.82. The monoisotopic (exact) mass is 452 g/mol. The van der Waals surface area contributed by atoms with Gasteiger partial charge in [-0.3, -0.25) is 9.59 Å². The number of nitrogens with one attached hydrogen (secondary N) is 1. The first kappa shape index (κ1) is 23.9. The van der Waals surface area contributed by atoms with E-state index in [4.69, 9.17) is 4.74 Å². The van der Waals surface area contributed by atoms with E-state index < -0.39 is 30.2 Å². The minimum absolute atomic E-state index is 0.0747. The van der Waals surface area contributed by atoms with Gasteiger partial charge in [-0.15, -0.1) is 0 Å². The topological polar surface area (TPSA) is 58.6 Å². The average molecular weight is 453 g/mol. The number of likely N-dealkylation sites (N-methyl/N-ethyl adjacent to an activating group) is 1. The molecule has 1 atom stereocenters.